The van der Waals surface area contributed by atoms with E-state index in [2.05, 4.69) is 5.32 Å². The summed E-state index contributed by atoms with van der Waals surface area (Å²) in [6.45, 7) is 1.42. The number of carbonyl (C=O) groups excluding carboxylic acids is 1. The van der Waals surface area contributed by atoms with Gasteiger partial charge in [0, 0.05) is 19.6 Å². The Kier molecular flexibility index (Phi) is 3.34. The second kappa shape index (κ2) is 5.15. The number of benzene rings is 1. The number of nitrogens with one attached hydrogen (secondary N) is 1. The zero-order valence-electron chi connectivity index (χ0n) is 11.2. The van der Waals surface area contributed by atoms with Crippen LogP contribution >= 0.6 is 0 Å². The topological polar surface area (TPSA) is 69.6 Å². The van der Waals surface area contributed by atoms with Crippen LogP contribution in [-0.2, 0) is 11.3 Å². The van der Waals surface area contributed by atoms with Crippen molar-refractivity contribution in [3.63, 3.8) is 0 Å². The number of urea groups is 1. The molecule has 5 heteroatoms. The molecule has 1 aliphatic heterocycles. The summed E-state index contributed by atoms with van der Waals surface area (Å²) in [5.74, 6) is -0.893. The van der Waals surface area contributed by atoms with Crippen LogP contribution in [-0.4, -0.2) is 35.1 Å². The Morgan fingerprint density at radius 2 is 2.05 bits per heavy atom. The fraction of sp³-hybridized carbons (Fsp3) is 0.467. The standard InChI is InChI=1S/C15H18N2O3/c18-14(19)13-9-17(15(20)16-7-10-5-6-10)8-11-3-1-2-4-12(11)13/h1-4,10,13H,5-9H2,(H,16,20)(H,18,19). The van der Waals surface area contributed by atoms with Crippen LogP contribution in [0.4, 0.5) is 4.79 Å². The number of aliphatic carboxylic acids is 1. The van der Waals surface area contributed by atoms with Crippen molar-refractivity contribution < 1.29 is 14.7 Å². The van der Waals surface area contributed by atoms with Crippen molar-refractivity contribution in [2.75, 3.05) is 13.1 Å². The van der Waals surface area contributed by atoms with Crippen LogP contribution in [0, 0.1) is 5.92 Å². The van der Waals surface area contributed by atoms with Crippen LogP contribution in [0.3, 0.4) is 0 Å². The van der Waals surface area contributed by atoms with E-state index in [1.807, 2.05) is 24.3 Å². The van der Waals surface area contributed by atoms with Gasteiger partial charge >= 0.3 is 12.0 Å². The predicted octanol–water partition coefficient (Wildman–Crippen LogP) is 1.79. The molecule has 20 heavy (non-hydrogen) atoms. The molecular formula is C15H18N2O3. The lowest BCUT2D eigenvalue weighted by Crippen LogP contribution is -2.46. The average molecular weight is 274 g/mol. The van der Waals surface area contributed by atoms with Gasteiger partial charge in [-0.3, -0.25) is 4.79 Å². The molecule has 1 aromatic rings. The number of rotatable bonds is 3. The van der Waals surface area contributed by atoms with Crippen molar-refractivity contribution in [1.29, 1.82) is 0 Å². The average Bonchev–Trinajstić information content (AvgIpc) is 3.27. The van der Waals surface area contributed by atoms with Gasteiger partial charge in [-0.15, -0.1) is 0 Å². The molecule has 1 atom stereocenters. The van der Waals surface area contributed by atoms with E-state index in [9.17, 15) is 14.7 Å². The molecule has 2 aliphatic rings. The van der Waals surface area contributed by atoms with E-state index in [0.29, 0.717) is 19.0 Å². The fourth-order valence-electron chi connectivity index (χ4n) is 2.64. The lowest BCUT2D eigenvalue weighted by Gasteiger charge is -2.32. The van der Waals surface area contributed by atoms with Gasteiger partial charge in [0.1, 0.15) is 0 Å². The summed E-state index contributed by atoms with van der Waals surface area (Å²) < 4.78 is 0. The minimum Gasteiger partial charge on any atom is -0.481 e. The van der Waals surface area contributed by atoms with Crippen molar-refractivity contribution in [3.8, 4) is 0 Å². The van der Waals surface area contributed by atoms with E-state index in [0.717, 1.165) is 11.1 Å². The van der Waals surface area contributed by atoms with Gasteiger partial charge in [-0.2, -0.15) is 0 Å². The van der Waals surface area contributed by atoms with Crippen LogP contribution in [0.5, 0.6) is 0 Å². The van der Waals surface area contributed by atoms with Crippen LogP contribution in [0.25, 0.3) is 0 Å². The molecule has 0 aromatic heterocycles. The van der Waals surface area contributed by atoms with Crippen LogP contribution in [0.2, 0.25) is 0 Å². The number of carboxylic acids is 1. The first kappa shape index (κ1) is 13.0. The molecule has 1 heterocycles. The normalized spacial score (nSPS) is 21.2. The first-order valence-electron chi connectivity index (χ1n) is 6.98. The summed E-state index contributed by atoms with van der Waals surface area (Å²) in [6, 6.07) is 7.30. The summed E-state index contributed by atoms with van der Waals surface area (Å²) in [5, 5.41) is 12.3. The first-order valence-corrected chi connectivity index (χ1v) is 6.98. The summed E-state index contributed by atoms with van der Waals surface area (Å²) >= 11 is 0. The molecule has 0 spiro atoms. The van der Waals surface area contributed by atoms with E-state index in [1.165, 1.54) is 12.8 Å². The highest BCUT2D eigenvalue weighted by atomic mass is 16.4. The Morgan fingerprint density at radius 3 is 2.75 bits per heavy atom. The third-order valence-electron chi connectivity index (χ3n) is 4.02. The van der Waals surface area contributed by atoms with Gasteiger partial charge in [-0.25, -0.2) is 4.79 Å². The van der Waals surface area contributed by atoms with E-state index in [-0.39, 0.29) is 12.6 Å². The first-order chi connectivity index (χ1) is 9.65. The number of hydrogen-bond donors (Lipinski definition) is 2. The highest BCUT2D eigenvalue weighted by Gasteiger charge is 2.32. The maximum absolute atomic E-state index is 12.1. The van der Waals surface area contributed by atoms with Crippen molar-refractivity contribution in [3.05, 3.63) is 35.4 Å². The third-order valence-corrected chi connectivity index (χ3v) is 4.02. The molecular weight excluding hydrogens is 256 g/mol. The number of fused-ring (bicyclic) bond motifs is 1. The number of carbonyl (C=O) groups is 2. The molecule has 1 fully saturated rings. The maximum Gasteiger partial charge on any atom is 0.317 e. The Morgan fingerprint density at radius 1 is 1.30 bits per heavy atom. The Balaban J connectivity index is 1.74. The smallest absolute Gasteiger partial charge is 0.317 e. The van der Waals surface area contributed by atoms with E-state index < -0.39 is 11.9 Å². The molecule has 1 saturated carbocycles. The van der Waals surface area contributed by atoms with Crippen LogP contribution in [0.15, 0.2) is 24.3 Å². The third kappa shape index (κ3) is 2.61. The Labute approximate surface area is 117 Å². The number of amides is 2. The monoisotopic (exact) mass is 274 g/mol. The Bertz CT molecular complexity index is 540. The summed E-state index contributed by atoms with van der Waals surface area (Å²) in [5.41, 5.74) is 1.75. The second-order valence-electron chi connectivity index (χ2n) is 5.60. The SMILES string of the molecule is O=C(O)C1CN(C(=O)NCC2CC2)Cc2ccccc21. The predicted molar refractivity (Wildman–Crippen MR) is 73.4 cm³/mol. The van der Waals surface area contributed by atoms with Gasteiger partial charge in [0.05, 0.1) is 5.92 Å². The van der Waals surface area contributed by atoms with Gasteiger partial charge in [-0.1, -0.05) is 24.3 Å². The highest BCUT2D eigenvalue weighted by molar-refractivity contribution is 5.80. The fourth-order valence-corrected chi connectivity index (χ4v) is 2.64. The molecule has 106 valence electrons. The van der Waals surface area contributed by atoms with Crippen LogP contribution in [0.1, 0.15) is 29.9 Å². The summed E-state index contributed by atoms with van der Waals surface area (Å²) in [7, 11) is 0. The zero-order valence-corrected chi connectivity index (χ0v) is 11.2. The molecule has 0 radical (unpaired) electrons. The maximum atomic E-state index is 12.1. The summed E-state index contributed by atoms with van der Waals surface area (Å²) in [6.07, 6.45) is 2.36. The quantitative estimate of drug-likeness (QED) is 0.883. The second-order valence-corrected chi connectivity index (χ2v) is 5.60. The molecule has 2 N–H and O–H groups in total. The van der Waals surface area contributed by atoms with Gasteiger partial charge in [0.15, 0.2) is 0 Å². The van der Waals surface area contributed by atoms with E-state index in [1.54, 1.807) is 4.90 Å². The van der Waals surface area contributed by atoms with Crippen LogP contribution < -0.4 is 5.32 Å². The molecule has 1 unspecified atom stereocenters. The zero-order chi connectivity index (χ0) is 14.1. The van der Waals surface area contributed by atoms with Crippen molar-refractivity contribution in [2.24, 2.45) is 5.92 Å². The van der Waals surface area contributed by atoms with Gasteiger partial charge in [0.2, 0.25) is 0 Å². The van der Waals surface area contributed by atoms with Gasteiger partial charge in [0.25, 0.3) is 0 Å². The van der Waals surface area contributed by atoms with Crippen molar-refractivity contribution in [2.45, 2.75) is 25.3 Å². The van der Waals surface area contributed by atoms with Crippen molar-refractivity contribution in [1.82, 2.24) is 10.2 Å². The van der Waals surface area contributed by atoms with E-state index in [4.69, 9.17) is 0 Å². The van der Waals surface area contributed by atoms with Gasteiger partial charge < -0.3 is 15.3 Å². The lowest BCUT2D eigenvalue weighted by molar-refractivity contribution is -0.139. The number of carboxylic acid groups (broad SMARTS) is 1. The molecule has 1 aromatic carbocycles. The Hall–Kier alpha value is -2.04. The molecule has 0 saturated heterocycles. The largest absolute Gasteiger partial charge is 0.481 e. The lowest BCUT2D eigenvalue weighted by atomic mass is 9.90. The minimum atomic E-state index is -0.878. The molecule has 0 bridgehead atoms. The molecule has 1 aliphatic carbocycles. The molecule has 2 amide bonds. The minimum absolute atomic E-state index is 0.155. The van der Waals surface area contributed by atoms with Crippen molar-refractivity contribution >= 4 is 12.0 Å². The summed E-state index contributed by atoms with van der Waals surface area (Å²) in [4.78, 5) is 25.1. The molecule has 3 rings (SSSR count). The van der Waals surface area contributed by atoms with E-state index >= 15 is 0 Å². The highest BCUT2D eigenvalue weighted by Crippen LogP contribution is 2.29. The van der Waals surface area contributed by atoms with Gasteiger partial charge in [-0.05, 0) is 29.9 Å². The number of hydrogen-bond acceptors (Lipinski definition) is 2. The molecule has 5 nitrogen and oxygen atoms in total. The number of nitrogens with zero attached hydrogens (tertiary/aromatic N) is 1.